The first-order valence-corrected chi connectivity index (χ1v) is 7.39. The lowest BCUT2D eigenvalue weighted by atomic mass is 9.96. The zero-order valence-corrected chi connectivity index (χ0v) is 11.9. The number of hydrogen-bond donors (Lipinski definition) is 1. The number of piperidine rings is 1. The minimum absolute atomic E-state index is 0.210. The van der Waals surface area contributed by atoms with Gasteiger partial charge in [-0.2, -0.15) is 5.10 Å². The van der Waals surface area contributed by atoms with Crippen LogP contribution in [-0.4, -0.2) is 33.2 Å². The summed E-state index contributed by atoms with van der Waals surface area (Å²) < 4.78 is 0. The molecule has 1 aliphatic heterocycles. The summed E-state index contributed by atoms with van der Waals surface area (Å²) in [6.45, 7) is 3.50. The zero-order chi connectivity index (χ0) is 14.1. The van der Waals surface area contributed by atoms with E-state index in [-0.39, 0.29) is 10.6 Å². The molecule has 0 aromatic carbocycles. The average molecular weight is 293 g/mol. The summed E-state index contributed by atoms with van der Waals surface area (Å²) >= 11 is 1.43. The van der Waals surface area contributed by atoms with Crippen molar-refractivity contribution in [3.63, 3.8) is 0 Å². The summed E-state index contributed by atoms with van der Waals surface area (Å²) in [5.74, 6) is 2.04. The molecule has 1 N–H and O–H groups in total. The van der Waals surface area contributed by atoms with Crippen LogP contribution in [0.15, 0.2) is 11.4 Å². The van der Waals surface area contributed by atoms with Crippen LogP contribution in [0.1, 0.15) is 30.4 Å². The van der Waals surface area contributed by atoms with E-state index in [0.29, 0.717) is 5.92 Å². The highest BCUT2D eigenvalue weighted by Gasteiger charge is 2.28. The van der Waals surface area contributed by atoms with Crippen molar-refractivity contribution in [3.05, 3.63) is 33.2 Å². The van der Waals surface area contributed by atoms with Crippen LogP contribution in [-0.2, 0) is 0 Å². The highest BCUT2D eigenvalue weighted by molar-refractivity contribution is 7.14. The maximum absolute atomic E-state index is 11.0. The number of hydrogen-bond acceptors (Lipinski definition) is 6. The third-order valence-electron chi connectivity index (χ3n) is 3.58. The fourth-order valence-electron chi connectivity index (χ4n) is 2.55. The van der Waals surface area contributed by atoms with E-state index >= 15 is 0 Å². The maximum atomic E-state index is 11.0. The Hall–Kier alpha value is -1.96. The number of nitro groups is 1. The van der Waals surface area contributed by atoms with Crippen molar-refractivity contribution in [3.8, 4) is 0 Å². The largest absolute Gasteiger partial charge is 0.358 e. The van der Waals surface area contributed by atoms with Crippen LogP contribution in [0, 0.1) is 17.0 Å². The molecule has 7 nitrogen and oxygen atoms in total. The van der Waals surface area contributed by atoms with Crippen molar-refractivity contribution in [1.82, 2.24) is 15.2 Å². The predicted molar refractivity (Wildman–Crippen MR) is 76.3 cm³/mol. The lowest BCUT2D eigenvalue weighted by Crippen LogP contribution is -2.33. The van der Waals surface area contributed by atoms with Gasteiger partial charge in [0.2, 0.25) is 0 Å². The van der Waals surface area contributed by atoms with Gasteiger partial charge in [-0.3, -0.25) is 15.2 Å². The molecule has 0 bridgehead atoms. The first-order valence-electron chi connectivity index (χ1n) is 6.51. The van der Waals surface area contributed by atoms with Gasteiger partial charge in [-0.25, -0.2) is 4.98 Å². The predicted octanol–water partition coefficient (Wildman–Crippen LogP) is 2.47. The molecule has 0 unspecified atom stereocenters. The quantitative estimate of drug-likeness (QED) is 0.693. The summed E-state index contributed by atoms with van der Waals surface area (Å²) in [7, 11) is 0. The maximum Gasteiger partial charge on any atom is 0.303 e. The molecule has 1 saturated heterocycles. The highest BCUT2D eigenvalue weighted by Crippen LogP contribution is 2.37. The molecule has 8 heteroatoms. The SMILES string of the molecule is Cc1nc(C2CCN(c3sccc3[N+](=O)[O-])CC2)n[nH]1. The van der Waals surface area contributed by atoms with E-state index in [4.69, 9.17) is 0 Å². The number of rotatable bonds is 3. The van der Waals surface area contributed by atoms with Gasteiger partial charge in [-0.15, -0.1) is 11.3 Å². The average Bonchev–Trinajstić information content (AvgIpc) is 3.07. The number of H-pyrrole nitrogens is 1. The Morgan fingerprint density at radius 2 is 2.25 bits per heavy atom. The van der Waals surface area contributed by atoms with Gasteiger partial charge in [0.25, 0.3) is 0 Å². The summed E-state index contributed by atoms with van der Waals surface area (Å²) in [6.07, 6.45) is 1.85. The van der Waals surface area contributed by atoms with Crippen LogP contribution in [0.5, 0.6) is 0 Å². The monoisotopic (exact) mass is 293 g/mol. The summed E-state index contributed by atoms with van der Waals surface area (Å²) in [5, 5.41) is 20.6. The van der Waals surface area contributed by atoms with Crippen LogP contribution in [0.25, 0.3) is 0 Å². The van der Waals surface area contributed by atoms with Crippen molar-refractivity contribution in [2.75, 3.05) is 18.0 Å². The van der Waals surface area contributed by atoms with Gasteiger partial charge in [0.15, 0.2) is 10.8 Å². The van der Waals surface area contributed by atoms with E-state index in [9.17, 15) is 10.1 Å². The number of nitrogens with zero attached hydrogens (tertiary/aromatic N) is 4. The Morgan fingerprint density at radius 1 is 1.50 bits per heavy atom. The molecule has 20 heavy (non-hydrogen) atoms. The molecule has 2 aromatic rings. The van der Waals surface area contributed by atoms with Crippen molar-refractivity contribution in [1.29, 1.82) is 0 Å². The van der Waals surface area contributed by atoms with E-state index in [1.807, 2.05) is 6.92 Å². The van der Waals surface area contributed by atoms with Crippen LogP contribution in [0.4, 0.5) is 10.7 Å². The van der Waals surface area contributed by atoms with E-state index in [2.05, 4.69) is 20.1 Å². The van der Waals surface area contributed by atoms with Crippen molar-refractivity contribution < 1.29 is 4.92 Å². The van der Waals surface area contributed by atoms with Crippen molar-refractivity contribution in [2.24, 2.45) is 0 Å². The minimum atomic E-state index is -0.309. The molecule has 0 saturated carbocycles. The second-order valence-electron chi connectivity index (χ2n) is 4.91. The first kappa shape index (κ1) is 13.0. The van der Waals surface area contributed by atoms with Crippen LogP contribution in [0.3, 0.4) is 0 Å². The lowest BCUT2D eigenvalue weighted by Gasteiger charge is -2.30. The lowest BCUT2D eigenvalue weighted by molar-refractivity contribution is -0.383. The standard InChI is InChI=1S/C12H15N5O2S/c1-8-13-11(15-14-8)9-2-5-16(6-3-9)12-10(17(18)19)4-7-20-12/h4,7,9H,2-3,5-6H2,1H3,(H,13,14,15). The van der Waals surface area contributed by atoms with Crippen molar-refractivity contribution >= 4 is 22.0 Å². The Balaban J connectivity index is 1.69. The summed E-state index contributed by atoms with van der Waals surface area (Å²) in [5.41, 5.74) is 0.210. The van der Waals surface area contributed by atoms with Gasteiger partial charge < -0.3 is 4.90 Å². The number of anilines is 1. The molecule has 0 radical (unpaired) electrons. The smallest absolute Gasteiger partial charge is 0.303 e. The summed E-state index contributed by atoms with van der Waals surface area (Å²) in [6, 6.07) is 1.57. The fraction of sp³-hybridized carbons (Fsp3) is 0.500. The third-order valence-corrected chi connectivity index (χ3v) is 4.55. The topological polar surface area (TPSA) is 87.9 Å². The molecule has 3 rings (SSSR count). The number of aryl methyl sites for hydroxylation is 1. The Kier molecular flexibility index (Phi) is 3.39. The second-order valence-corrected chi connectivity index (χ2v) is 5.80. The van der Waals surface area contributed by atoms with Gasteiger partial charge in [0.05, 0.1) is 4.92 Å². The van der Waals surface area contributed by atoms with Gasteiger partial charge >= 0.3 is 5.69 Å². The van der Waals surface area contributed by atoms with Crippen LogP contribution in [0.2, 0.25) is 0 Å². The minimum Gasteiger partial charge on any atom is -0.358 e. The summed E-state index contributed by atoms with van der Waals surface area (Å²) in [4.78, 5) is 17.1. The Morgan fingerprint density at radius 3 is 2.85 bits per heavy atom. The third kappa shape index (κ3) is 2.38. The molecule has 0 amide bonds. The van der Waals surface area contributed by atoms with Crippen LogP contribution >= 0.6 is 11.3 Å². The normalized spacial score (nSPS) is 16.6. The Bertz CT molecular complexity index is 615. The molecule has 1 fully saturated rings. The molecule has 3 heterocycles. The van der Waals surface area contributed by atoms with E-state index in [1.54, 1.807) is 11.4 Å². The highest BCUT2D eigenvalue weighted by atomic mass is 32.1. The molecule has 0 spiro atoms. The van der Waals surface area contributed by atoms with E-state index in [1.165, 1.54) is 11.3 Å². The second kappa shape index (κ2) is 5.20. The van der Waals surface area contributed by atoms with Gasteiger partial charge in [-0.1, -0.05) is 0 Å². The van der Waals surface area contributed by atoms with E-state index in [0.717, 1.165) is 42.6 Å². The fourth-order valence-corrected chi connectivity index (χ4v) is 3.47. The Labute approximate surface area is 119 Å². The molecular formula is C12H15N5O2S. The van der Waals surface area contributed by atoms with E-state index < -0.39 is 0 Å². The van der Waals surface area contributed by atoms with Gasteiger partial charge in [0.1, 0.15) is 5.82 Å². The molecule has 2 aromatic heterocycles. The first-order chi connectivity index (χ1) is 9.65. The molecular weight excluding hydrogens is 278 g/mol. The molecule has 106 valence electrons. The number of thiophene rings is 1. The number of nitrogens with one attached hydrogen (secondary N) is 1. The number of aromatic amines is 1. The van der Waals surface area contributed by atoms with Crippen molar-refractivity contribution in [2.45, 2.75) is 25.7 Å². The molecule has 1 aliphatic rings. The molecule has 0 atom stereocenters. The zero-order valence-electron chi connectivity index (χ0n) is 11.1. The molecule has 0 aliphatic carbocycles. The van der Waals surface area contributed by atoms with Crippen LogP contribution < -0.4 is 4.90 Å². The number of aromatic nitrogens is 3. The van der Waals surface area contributed by atoms with Gasteiger partial charge in [-0.05, 0) is 25.1 Å². The van der Waals surface area contributed by atoms with Gasteiger partial charge in [0, 0.05) is 25.1 Å².